The van der Waals surface area contributed by atoms with Crippen LogP contribution in [0.4, 0.5) is 0 Å². The first-order chi connectivity index (χ1) is 9.84. The maximum Gasteiger partial charge on any atom is -0.0184 e. The van der Waals surface area contributed by atoms with Crippen molar-refractivity contribution in [2.45, 2.75) is 0 Å². The molecule has 1 atom stereocenters. The molecule has 1 heteroatoms. The summed E-state index contributed by atoms with van der Waals surface area (Å²) in [6.07, 6.45) is 0. The highest BCUT2D eigenvalue weighted by Gasteiger charge is 2.07. The van der Waals surface area contributed by atoms with Crippen LogP contribution in [0.15, 0.2) is 84.9 Å². The standard InChI is InChI=1S/C19H17P/c1-20(18-10-6-3-7-11-18)19-14-12-17(13-15-19)16-8-4-2-5-9-16/h2-15H,1H3. The quantitative estimate of drug-likeness (QED) is 0.621. The molecule has 0 spiro atoms. The third-order valence-corrected chi connectivity index (χ3v) is 5.65. The molecule has 0 radical (unpaired) electrons. The second-order valence-electron chi connectivity index (χ2n) is 4.81. The predicted octanol–water partition coefficient (Wildman–Crippen LogP) is 4.42. The van der Waals surface area contributed by atoms with Crippen LogP contribution in [0, 0.1) is 0 Å². The highest BCUT2D eigenvalue weighted by Crippen LogP contribution is 2.29. The van der Waals surface area contributed by atoms with E-state index >= 15 is 0 Å². The van der Waals surface area contributed by atoms with E-state index in [1.807, 2.05) is 0 Å². The summed E-state index contributed by atoms with van der Waals surface area (Å²) in [7, 11) is -0.252. The fraction of sp³-hybridized carbons (Fsp3) is 0.0526. The summed E-state index contributed by atoms with van der Waals surface area (Å²) in [6, 6.07) is 30.3. The molecule has 0 bridgehead atoms. The minimum atomic E-state index is -0.252. The average molecular weight is 276 g/mol. The summed E-state index contributed by atoms with van der Waals surface area (Å²) < 4.78 is 0. The lowest BCUT2D eigenvalue weighted by atomic mass is 10.1. The van der Waals surface area contributed by atoms with Gasteiger partial charge >= 0.3 is 0 Å². The van der Waals surface area contributed by atoms with E-state index in [1.165, 1.54) is 21.7 Å². The minimum Gasteiger partial charge on any atom is -0.0622 e. The first kappa shape index (κ1) is 13.1. The fourth-order valence-electron chi connectivity index (χ4n) is 2.31. The zero-order valence-corrected chi connectivity index (χ0v) is 12.4. The van der Waals surface area contributed by atoms with Gasteiger partial charge in [-0.05, 0) is 36.3 Å². The summed E-state index contributed by atoms with van der Waals surface area (Å²) in [5.74, 6) is 0. The van der Waals surface area contributed by atoms with Crippen molar-refractivity contribution in [2.24, 2.45) is 0 Å². The molecule has 0 aliphatic heterocycles. The Labute approximate surface area is 121 Å². The molecule has 0 saturated heterocycles. The van der Waals surface area contributed by atoms with E-state index in [2.05, 4.69) is 91.6 Å². The van der Waals surface area contributed by atoms with E-state index in [9.17, 15) is 0 Å². The molecule has 0 N–H and O–H groups in total. The number of benzene rings is 3. The van der Waals surface area contributed by atoms with Gasteiger partial charge in [0.05, 0.1) is 0 Å². The van der Waals surface area contributed by atoms with Gasteiger partial charge in [-0.15, -0.1) is 0 Å². The van der Waals surface area contributed by atoms with Crippen molar-refractivity contribution in [1.29, 1.82) is 0 Å². The van der Waals surface area contributed by atoms with E-state index in [0.717, 1.165) is 0 Å². The van der Waals surface area contributed by atoms with Crippen molar-refractivity contribution in [3.63, 3.8) is 0 Å². The van der Waals surface area contributed by atoms with Gasteiger partial charge in [0.15, 0.2) is 0 Å². The van der Waals surface area contributed by atoms with Crippen molar-refractivity contribution in [1.82, 2.24) is 0 Å². The predicted molar refractivity (Wildman–Crippen MR) is 90.4 cm³/mol. The zero-order valence-electron chi connectivity index (χ0n) is 11.5. The van der Waals surface area contributed by atoms with Gasteiger partial charge in [-0.25, -0.2) is 0 Å². The van der Waals surface area contributed by atoms with Gasteiger partial charge in [0.2, 0.25) is 0 Å². The van der Waals surface area contributed by atoms with Crippen LogP contribution in [-0.2, 0) is 0 Å². The molecule has 3 aromatic rings. The van der Waals surface area contributed by atoms with E-state index in [4.69, 9.17) is 0 Å². The van der Waals surface area contributed by atoms with Crippen LogP contribution < -0.4 is 10.6 Å². The SMILES string of the molecule is CP(c1ccccc1)c1ccc(-c2ccccc2)cc1. The Bertz CT molecular complexity index is 657. The maximum absolute atomic E-state index is 2.32. The molecule has 0 nitrogen and oxygen atoms in total. The Kier molecular flexibility index (Phi) is 3.95. The Morgan fingerprint density at radius 2 is 0.950 bits per heavy atom. The third kappa shape index (κ3) is 2.81. The number of hydrogen-bond acceptors (Lipinski definition) is 0. The van der Waals surface area contributed by atoms with Gasteiger partial charge in [-0.3, -0.25) is 0 Å². The first-order valence-corrected chi connectivity index (χ1v) is 8.58. The van der Waals surface area contributed by atoms with Gasteiger partial charge in [0.1, 0.15) is 0 Å². The summed E-state index contributed by atoms with van der Waals surface area (Å²) >= 11 is 0. The smallest absolute Gasteiger partial charge is 0.0184 e. The normalized spacial score (nSPS) is 12.1. The van der Waals surface area contributed by atoms with Crippen molar-refractivity contribution in [3.8, 4) is 11.1 Å². The molecule has 0 heterocycles. The molecular formula is C19H17P. The Morgan fingerprint density at radius 3 is 1.55 bits per heavy atom. The number of rotatable bonds is 3. The van der Waals surface area contributed by atoms with Crippen LogP contribution in [-0.4, -0.2) is 6.66 Å². The topological polar surface area (TPSA) is 0 Å². The summed E-state index contributed by atoms with van der Waals surface area (Å²) in [6.45, 7) is 2.32. The minimum absolute atomic E-state index is 0.252. The van der Waals surface area contributed by atoms with Gasteiger partial charge < -0.3 is 0 Å². The van der Waals surface area contributed by atoms with E-state index in [1.54, 1.807) is 0 Å². The summed E-state index contributed by atoms with van der Waals surface area (Å²) in [5, 5.41) is 2.85. The van der Waals surface area contributed by atoms with E-state index in [-0.39, 0.29) is 7.92 Å². The van der Waals surface area contributed by atoms with E-state index < -0.39 is 0 Å². The van der Waals surface area contributed by atoms with Crippen LogP contribution in [0.5, 0.6) is 0 Å². The first-order valence-electron chi connectivity index (χ1n) is 6.79. The van der Waals surface area contributed by atoms with Gasteiger partial charge in [-0.2, -0.15) is 0 Å². The van der Waals surface area contributed by atoms with Gasteiger partial charge in [0.25, 0.3) is 0 Å². The zero-order chi connectivity index (χ0) is 13.8. The molecule has 98 valence electrons. The Balaban J connectivity index is 1.87. The summed E-state index contributed by atoms with van der Waals surface area (Å²) in [5.41, 5.74) is 2.56. The Morgan fingerprint density at radius 1 is 0.500 bits per heavy atom. The van der Waals surface area contributed by atoms with Crippen molar-refractivity contribution in [2.75, 3.05) is 6.66 Å². The monoisotopic (exact) mass is 276 g/mol. The molecular weight excluding hydrogens is 259 g/mol. The average Bonchev–Trinajstić information content (AvgIpc) is 2.56. The lowest BCUT2D eigenvalue weighted by Gasteiger charge is -2.13. The molecule has 20 heavy (non-hydrogen) atoms. The van der Waals surface area contributed by atoms with Gasteiger partial charge in [-0.1, -0.05) is 84.9 Å². The fourth-order valence-corrected chi connectivity index (χ4v) is 3.82. The summed E-state index contributed by atoms with van der Waals surface area (Å²) in [4.78, 5) is 0. The lowest BCUT2D eigenvalue weighted by molar-refractivity contribution is 1.64. The lowest BCUT2D eigenvalue weighted by Crippen LogP contribution is -2.09. The molecule has 0 aliphatic rings. The highest BCUT2D eigenvalue weighted by molar-refractivity contribution is 7.72. The van der Waals surface area contributed by atoms with E-state index in [0.29, 0.717) is 0 Å². The van der Waals surface area contributed by atoms with Crippen molar-refractivity contribution in [3.05, 3.63) is 84.9 Å². The molecule has 0 aromatic heterocycles. The molecule has 0 aliphatic carbocycles. The van der Waals surface area contributed by atoms with Crippen molar-refractivity contribution >= 4 is 18.5 Å². The molecule has 3 rings (SSSR count). The maximum atomic E-state index is 2.32. The molecule has 0 amide bonds. The van der Waals surface area contributed by atoms with Crippen molar-refractivity contribution < 1.29 is 0 Å². The van der Waals surface area contributed by atoms with Crippen LogP contribution in [0.1, 0.15) is 0 Å². The largest absolute Gasteiger partial charge is 0.0622 e. The van der Waals surface area contributed by atoms with Crippen LogP contribution in [0.25, 0.3) is 11.1 Å². The molecule has 1 unspecified atom stereocenters. The number of hydrogen-bond donors (Lipinski definition) is 0. The third-order valence-electron chi connectivity index (χ3n) is 3.51. The molecule has 0 saturated carbocycles. The molecule has 0 fully saturated rings. The second-order valence-corrected chi connectivity index (χ2v) is 6.96. The van der Waals surface area contributed by atoms with Crippen LogP contribution in [0.3, 0.4) is 0 Å². The van der Waals surface area contributed by atoms with Crippen LogP contribution >= 0.6 is 7.92 Å². The Hall–Kier alpha value is -1.91. The highest BCUT2D eigenvalue weighted by atomic mass is 31.1. The van der Waals surface area contributed by atoms with Crippen LogP contribution in [0.2, 0.25) is 0 Å². The second kappa shape index (κ2) is 6.03. The van der Waals surface area contributed by atoms with Gasteiger partial charge in [0, 0.05) is 0 Å². The molecule has 3 aromatic carbocycles.